The summed E-state index contributed by atoms with van der Waals surface area (Å²) in [6.07, 6.45) is 5.55. The summed E-state index contributed by atoms with van der Waals surface area (Å²) in [4.78, 5) is 4.83. The van der Waals surface area contributed by atoms with Crippen molar-refractivity contribution in [2.24, 2.45) is 0 Å². The molecule has 0 saturated carbocycles. The van der Waals surface area contributed by atoms with Gasteiger partial charge in [0.25, 0.3) is 0 Å². The molecule has 3 heteroatoms. The van der Waals surface area contributed by atoms with Crippen molar-refractivity contribution < 1.29 is 0 Å². The summed E-state index contributed by atoms with van der Waals surface area (Å²) in [5.41, 5.74) is 3.75. The van der Waals surface area contributed by atoms with Gasteiger partial charge < -0.3 is 0 Å². The third-order valence-electron chi connectivity index (χ3n) is 4.12. The fourth-order valence-corrected chi connectivity index (χ4v) is 2.93. The van der Waals surface area contributed by atoms with E-state index >= 15 is 0 Å². The van der Waals surface area contributed by atoms with Crippen LogP contribution in [0.5, 0.6) is 0 Å². The highest BCUT2D eigenvalue weighted by Crippen LogP contribution is 2.22. The molecular weight excluding hydrogens is 306 g/mol. The molecule has 25 heavy (non-hydrogen) atoms. The van der Waals surface area contributed by atoms with Crippen LogP contribution in [0.15, 0.2) is 78.9 Å². The van der Waals surface area contributed by atoms with E-state index in [-0.39, 0.29) is 0 Å². The summed E-state index contributed by atoms with van der Waals surface area (Å²) >= 11 is 0. The number of hydrogen-bond acceptors (Lipinski definition) is 2. The molecule has 1 heterocycles. The highest BCUT2D eigenvalue weighted by Gasteiger charge is 2.12. The monoisotopic (exact) mass is 321 g/mol. The van der Waals surface area contributed by atoms with Crippen LogP contribution in [0.25, 0.3) is 28.0 Å². The maximum Gasteiger partial charge on any atom is 0.146 e. The Balaban J connectivity index is 2.12. The summed E-state index contributed by atoms with van der Waals surface area (Å²) in [5.74, 6) is 3.38. The first-order chi connectivity index (χ1) is 12.3. The van der Waals surface area contributed by atoms with E-state index in [1.54, 1.807) is 0 Å². The molecule has 0 aliphatic rings. The molecule has 0 amide bonds. The van der Waals surface area contributed by atoms with E-state index in [0.29, 0.717) is 5.49 Å². The van der Waals surface area contributed by atoms with E-state index in [0.717, 1.165) is 33.5 Å². The molecule has 0 fully saturated rings. The zero-order valence-electron chi connectivity index (χ0n) is 13.5. The molecule has 4 rings (SSSR count). The van der Waals surface area contributed by atoms with Gasteiger partial charge in [-0.2, -0.15) is 0 Å². The normalized spacial score (nSPS) is 10.5. The number of nitrogens with one attached hydrogen (secondary N) is 1. The first kappa shape index (κ1) is 14.9. The molecule has 3 nitrogen and oxygen atoms in total. The second-order valence-electron chi connectivity index (χ2n) is 5.70. The van der Waals surface area contributed by atoms with E-state index in [9.17, 15) is 0 Å². The Labute approximate surface area is 145 Å². The van der Waals surface area contributed by atoms with E-state index < -0.39 is 0 Å². The van der Waals surface area contributed by atoms with Crippen molar-refractivity contribution >= 4 is 10.9 Å². The summed E-state index contributed by atoms with van der Waals surface area (Å²) in [6, 6.07) is 25.2. The lowest BCUT2D eigenvalue weighted by Crippen LogP contribution is -2.22. The van der Waals surface area contributed by atoms with Crippen LogP contribution in [0.1, 0.15) is 5.56 Å². The fraction of sp³-hybridized carbons (Fsp3) is 0. The summed E-state index contributed by atoms with van der Waals surface area (Å²) in [5, 5.41) is 9.57. The highest BCUT2D eigenvalue weighted by atomic mass is 15.1. The number of rotatable bonds is 2. The number of hydrogen-bond donors (Lipinski definition) is 1. The van der Waals surface area contributed by atoms with Crippen molar-refractivity contribution in [2.45, 2.75) is 0 Å². The summed E-state index contributed by atoms with van der Waals surface area (Å²) in [6.45, 7) is 0. The zero-order chi connectivity index (χ0) is 17.2. The number of terminal acetylenes is 1. The topological polar surface area (TPSA) is 41.7 Å². The van der Waals surface area contributed by atoms with Gasteiger partial charge in [0, 0.05) is 16.5 Å². The molecule has 1 aromatic heterocycles. The molecule has 0 spiro atoms. The minimum absolute atomic E-state index is 0.388. The van der Waals surface area contributed by atoms with Crippen LogP contribution < -0.4 is 5.49 Å². The lowest BCUT2D eigenvalue weighted by molar-refractivity contribution is 0.922. The first-order valence-corrected chi connectivity index (χ1v) is 7.97. The molecule has 0 bridgehead atoms. The van der Waals surface area contributed by atoms with Crippen LogP contribution in [0, 0.1) is 17.8 Å². The molecule has 0 aliphatic heterocycles. The molecule has 0 unspecified atom stereocenters. The Hall–Kier alpha value is -3.64. The molecule has 1 N–H and O–H groups in total. The maximum absolute atomic E-state index is 8.77. The Morgan fingerprint density at radius 3 is 2.44 bits per heavy atom. The standard InChI is InChI=1S/C22H15N3/c1-2-16-9-8-12-18(15-16)25-21(23)19-13-6-7-14-20(19)24-22(25)17-10-4-3-5-11-17/h1,3-15,23H. The van der Waals surface area contributed by atoms with Gasteiger partial charge in [-0.3, -0.25) is 9.98 Å². The molecule has 0 radical (unpaired) electrons. The van der Waals surface area contributed by atoms with Crippen LogP contribution in [-0.4, -0.2) is 9.55 Å². The average molecular weight is 321 g/mol. The third-order valence-corrected chi connectivity index (χ3v) is 4.12. The minimum atomic E-state index is 0.388. The molecule has 3 aromatic carbocycles. The smallest absolute Gasteiger partial charge is 0.146 e. The maximum atomic E-state index is 8.77. The largest absolute Gasteiger partial charge is 0.283 e. The highest BCUT2D eigenvalue weighted by molar-refractivity contribution is 5.80. The van der Waals surface area contributed by atoms with Crippen molar-refractivity contribution in [3.8, 4) is 29.4 Å². The molecule has 0 aliphatic carbocycles. The summed E-state index contributed by atoms with van der Waals surface area (Å²) in [7, 11) is 0. The molecule has 0 atom stereocenters. The van der Waals surface area contributed by atoms with Crippen LogP contribution in [-0.2, 0) is 0 Å². The number of benzene rings is 3. The predicted octanol–water partition coefficient (Wildman–Crippen LogP) is 4.15. The van der Waals surface area contributed by atoms with Gasteiger partial charge in [0.1, 0.15) is 11.3 Å². The molecular formula is C22H15N3. The van der Waals surface area contributed by atoms with Gasteiger partial charge in [-0.25, -0.2) is 4.98 Å². The molecule has 4 aromatic rings. The SMILES string of the molecule is C#Cc1cccc(-n2c(-c3ccccc3)nc3ccccc3c2=N)c1. The van der Waals surface area contributed by atoms with Crippen molar-refractivity contribution in [3.63, 3.8) is 0 Å². The number of aromatic nitrogens is 2. The third kappa shape index (κ3) is 2.60. The van der Waals surface area contributed by atoms with Crippen molar-refractivity contribution in [1.29, 1.82) is 5.41 Å². The van der Waals surface area contributed by atoms with Crippen LogP contribution >= 0.6 is 0 Å². The zero-order valence-corrected chi connectivity index (χ0v) is 13.5. The second-order valence-corrected chi connectivity index (χ2v) is 5.70. The average Bonchev–Trinajstić information content (AvgIpc) is 2.68. The summed E-state index contributed by atoms with van der Waals surface area (Å²) < 4.78 is 1.85. The Kier molecular flexibility index (Phi) is 3.64. The van der Waals surface area contributed by atoms with E-state index in [4.69, 9.17) is 16.8 Å². The fourth-order valence-electron chi connectivity index (χ4n) is 2.93. The van der Waals surface area contributed by atoms with Gasteiger partial charge in [-0.1, -0.05) is 54.5 Å². The van der Waals surface area contributed by atoms with Crippen LogP contribution in [0.2, 0.25) is 0 Å². The first-order valence-electron chi connectivity index (χ1n) is 7.97. The van der Waals surface area contributed by atoms with Crippen molar-refractivity contribution in [1.82, 2.24) is 9.55 Å². The van der Waals surface area contributed by atoms with Gasteiger partial charge in [0.15, 0.2) is 0 Å². The quantitative estimate of drug-likeness (QED) is 0.554. The van der Waals surface area contributed by atoms with Crippen LogP contribution in [0.4, 0.5) is 0 Å². The Morgan fingerprint density at radius 2 is 1.64 bits per heavy atom. The number of para-hydroxylation sites is 1. The lowest BCUT2D eigenvalue weighted by atomic mass is 10.1. The minimum Gasteiger partial charge on any atom is -0.283 e. The van der Waals surface area contributed by atoms with Crippen LogP contribution in [0.3, 0.4) is 0 Å². The Morgan fingerprint density at radius 1 is 0.880 bits per heavy atom. The van der Waals surface area contributed by atoms with E-state index in [1.165, 1.54) is 0 Å². The number of nitrogens with zero attached hydrogens (tertiary/aromatic N) is 2. The lowest BCUT2D eigenvalue weighted by Gasteiger charge is -2.15. The van der Waals surface area contributed by atoms with Crippen molar-refractivity contribution in [3.05, 3.63) is 89.9 Å². The van der Waals surface area contributed by atoms with E-state index in [2.05, 4.69) is 5.92 Å². The molecule has 0 saturated heterocycles. The van der Waals surface area contributed by atoms with Gasteiger partial charge in [0.2, 0.25) is 0 Å². The van der Waals surface area contributed by atoms with Gasteiger partial charge >= 0.3 is 0 Å². The van der Waals surface area contributed by atoms with Gasteiger partial charge in [-0.05, 0) is 30.3 Å². The predicted molar refractivity (Wildman–Crippen MR) is 100 cm³/mol. The van der Waals surface area contributed by atoms with E-state index in [1.807, 2.05) is 83.4 Å². The second kappa shape index (κ2) is 6.10. The van der Waals surface area contributed by atoms with Gasteiger partial charge in [-0.15, -0.1) is 6.42 Å². The Bertz CT molecular complexity index is 1170. The number of fused-ring (bicyclic) bond motifs is 1. The van der Waals surface area contributed by atoms with Gasteiger partial charge in [0.05, 0.1) is 11.2 Å². The van der Waals surface area contributed by atoms with Crippen molar-refractivity contribution in [2.75, 3.05) is 0 Å². The molecule has 118 valence electrons.